The zero-order valence-electron chi connectivity index (χ0n) is 11.7. The summed E-state index contributed by atoms with van der Waals surface area (Å²) in [7, 11) is 1.88. The van der Waals surface area contributed by atoms with Crippen LogP contribution < -0.4 is 10.6 Å². The number of nitrogens with one attached hydrogen (secondary N) is 2. The Kier molecular flexibility index (Phi) is 7.42. The van der Waals surface area contributed by atoms with Crippen LogP contribution in [-0.2, 0) is 11.3 Å². The first-order valence-electron chi connectivity index (χ1n) is 6.54. The van der Waals surface area contributed by atoms with Crippen LogP contribution in [0, 0.1) is 0 Å². The maximum atomic E-state index is 11.8. The van der Waals surface area contributed by atoms with Gasteiger partial charge in [0.2, 0.25) is 11.1 Å². The molecule has 108 valence electrons. The Hall–Kier alpha value is -1.15. The molecule has 19 heavy (non-hydrogen) atoms. The summed E-state index contributed by atoms with van der Waals surface area (Å²) in [6.07, 6.45) is 1.90. The van der Waals surface area contributed by atoms with Gasteiger partial charge in [-0.2, -0.15) is 0 Å². The Bertz CT molecular complexity index is 379. The molecule has 1 amide bonds. The van der Waals surface area contributed by atoms with E-state index in [0.29, 0.717) is 17.5 Å². The van der Waals surface area contributed by atoms with E-state index in [4.69, 9.17) is 0 Å². The van der Waals surface area contributed by atoms with Crippen LogP contribution in [0.2, 0.25) is 0 Å². The third-order valence-electron chi connectivity index (χ3n) is 2.76. The second-order valence-corrected chi connectivity index (χ2v) is 5.10. The van der Waals surface area contributed by atoms with Gasteiger partial charge in [-0.1, -0.05) is 25.6 Å². The minimum Gasteiger partial charge on any atom is -0.353 e. The van der Waals surface area contributed by atoms with E-state index in [9.17, 15) is 4.79 Å². The van der Waals surface area contributed by atoms with Crippen molar-refractivity contribution < 1.29 is 4.79 Å². The molecule has 0 aliphatic carbocycles. The molecule has 0 unspecified atom stereocenters. The van der Waals surface area contributed by atoms with Crippen LogP contribution in [0.4, 0.5) is 0 Å². The molecule has 1 heterocycles. The van der Waals surface area contributed by atoms with Crippen molar-refractivity contribution in [3.63, 3.8) is 0 Å². The van der Waals surface area contributed by atoms with Crippen LogP contribution >= 0.6 is 11.8 Å². The third kappa shape index (κ3) is 5.56. The Balaban J connectivity index is 2.39. The van der Waals surface area contributed by atoms with E-state index >= 15 is 0 Å². The number of nitrogens with zero attached hydrogens (tertiary/aromatic N) is 4. The van der Waals surface area contributed by atoms with E-state index in [1.807, 2.05) is 7.05 Å². The number of likely N-dealkylation sites (N-methyl/N-ethyl adjacent to an activating group) is 1. The van der Waals surface area contributed by atoms with E-state index < -0.39 is 0 Å². The van der Waals surface area contributed by atoms with E-state index in [1.165, 1.54) is 11.8 Å². The zero-order chi connectivity index (χ0) is 14.1. The molecule has 0 aliphatic rings. The van der Waals surface area contributed by atoms with Gasteiger partial charge in [0.15, 0.2) is 0 Å². The van der Waals surface area contributed by atoms with Crippen LogP contribution in [0.15, 0.2) is 5.16 Å². The summed E-state index contributed by atoms with van der Waals surface area (Å²) in [6.45, 7) is 5.62. The van der Waals surface area contributed by atoms with Gasteiger partial charge >= 0.3 is 0 Å². The smallest absolute Gasteiger partial charge is 0.230 e. The molecule has 1 aromatic rings. The second kappa shape index (κ2) is 8.87. The molecule has 0 aliphatic heterocycles. The van der Waals surface area contributed by atoms with Crippen molar-refractivity contribution in [2.45, 2.75) is 44.4 Å². The molecular weight excluding hydrogens is 264 g/mol. The number of tetrazole rings is 1. The molecule has 0 aromatic carbocycles. The predicted octanol–water partition coefficient (Wildman–Crippen LogP) is 0.289. The summed E-state index contributed by atoms with van der Waals surface area (Å²) < 4.78 is 1.70. The second-order valence-electron chi connectivity index (χ2n) is 4.16. The molecule has 2 N–H and O–H groups in total. The molecule has 0 saturated carbocycles. The average Bonchev–Trinajstić information content (AvgIpc) is 2.87. The maximum absolute atomic E-state index is 11.8. The fraction of sp³-hybridized carbons (Fsp3) is 0.818. The van der Waals surface area contributed by atoms with Gasteiger partial charge in [-0.15, -0.1) is 5.10 Å². The number of hydrogen-bond donors (Lipinski definition) is 2. The van der Waals surface area contributed by atoms with Gasteiger partial charge in [0, 0.05) is 12.6 Å². The Labute approximate surface area is 117 Å². The predicted molar refractivity (Wildman–Crippen MR) is 75.0 cm³/mol. The van der Waals surface area contributed by atoms with Crippen LogP contribution in [0.25, 0.3) is 0 Å². The van der Waals surface area contributed by atoms with Gasteiger partial charge in [0.05, 0.1) is 12.3 Å². The minimum absolute atomic E-state index is 0.0295. The van der Waals surface area contributed by atoms with Gasteiger partial charge < -0.3 is 10.6 Å². The fourth-order valence-corrected chi connectivity index (χ4v) is 2.26. The quantitative estimate of drug-likeness (QED) is 0.635. The maximum Gasteiger partial charge on any atom is 0.230 e. The first-order valence-corrected chi connectivity index (χ1v) is 7.52. The minimum atomic E-state index is 0.0295. The first kappa shape index (κ1) is 15.9. The highest BCUT2D eigenvalue weighted by atomic mass is 32.2. The number of carbonyl (C=O) groups is 1. The SMILES string of the molecule is CCC(CC)NC(=O)CSc1nnnn1CCNC. The summed E-state index contributed by atoms with van der Waals surface area (Å²) in [4.78, 5) is 11.8. The third-order valence-corrected chi connectivity index (χ3v) is 3.71. The number of amides is 1. The number of carbonyl (C=O) groups excluding carboxylic acids is 1. The molecule has 0 radical (unpaired) electrons. The molecule has 7 nitrogen and oxygen atoms in total. The van der Waals surface area contributed by atoms with E-state index in [0.717, 1.165) is 19.4 Å². The molecule has 0 atom stereocenters. The lowest BCUT2D eigenvalue weighted by molar-refractivity contribution is -0.119. The van der Waals surface area contributed by atoms with E-state index in [2.05, 4.69) is 40.0 Å². The van der Waals surface area contributed by atoms with Gasteiger partial charge in [-0.3, -0.25) is 4.79 Å². The van der Waals surface area contributed by atoms with Crippen molar-refractivity contribution in [1.29, 1.82) is 0 Å². The Morgan fingerprint density at radius 3 is 2.79 bits per heavy atom. The van der Waals surface area contributed by atoms with E-state index in [1.54, 1.807) is 4.68 Å². The summed E-state index contributed by atoms with van der Waals surface area (Å²) in [6, 6.07) is 0.258. The summed E-state index contributed by atoms with van der Waals surface area (Å²) >= 11 is 1.36. The lowest BCUT2D eigenvalue weighted by Gasteiger charge is -2.14. The summed E-state index contributed by atoms with van der Waals surface area (Å²) in [5, 5.41) is 18.1. The van der Waals surface area contributed by atoms with Crippen molar-refractivity contribution in [1.82, 2.24) is 30.8 Å². The van der Waals surface area contributed by atoms with Crippen LogP contribution in [-0.4, -0.2) is 51.5 Å². The summed E-state index contributed by atoms with van der Waals surface area (Å²) in [5.74, 6) is 0.373. The monoisotopic (exact) mass is 286 g/mol. The molecule has 0 fully saturated rings. The first-order chi connectivity index (χ1) is 9.21. The Morgan fingerprint density at radius 1 is 1.42 bits per heavy atom. The number of rotatable bonds is 9. The van der Waals surface area contributed by atoms with Gasteiger partial charge in [0.25, 0.3) is 0 Å². The lowest BCUT2D eigenvalue weighted by atomic mass is 10.2. The van der Waals surface area contributed by atoms with Crippen molar-refractivity contribution >= 4 is 17.7 Å². The fourth-order valence-electron chi connectivity index (χ4n) is 1.55. The molecule has 0 saturated heterocycles. The summed E-state index contributed by atoms with van der Waals surface area (Å²) in [5.41, 5.74) is 0. The molecule has 0 spiro atoms. The molecular formula is C11H22N6OS. The van der Waals surface area contributed by atoms with Crippen molar-refractivity contribution in [2.75, 3.05) is 19.3 Å². The Morgan fingerprint density at radius 2 is 2.16 bits per heavy atom. The van der Waals surface area contributed by atoms with Crippen LogP contribution in [0.3, 0.4) is 0 Å². The van der Waals surface area contributed by atoms with Crippen molar-refractivity contribution in [2.24, 2.45) is 0 Å². The molecule has 1 rings (SSSR count). The topological polar surface area (TPSA) is 84.7 Å². The largest absolute Gasteiger partial charge is 0.353 e. The number of hydrogen-bond acceptors (Lipinski definition) is 6. The van der Waals surface area contributed by atoms with Crippen molar-refractivity contribution in [3.8, 4) is 0 Å². The lowest BCUT2D eigenvalue weighted by Crippen LogP contribution is -2.35. The van der Waals surface area contributed by atoms with Crippen LogP contribution in [0.5, 0.6) is 0 Å². The highest BCUT2D eigenvalue weighted by molar-refractivity contribution is 7.99. The average molecular weight is 286 g/mol. The van der Waals surface area contributed by atoms with Crippen LogP contribution in [0.1, 0.15) is 26.7 Å². The molecule has 0 bridgehead atoms. The number of aromatic nitrogens is 4. The van der Waals surface area contributed by atoms with Gasteiger partial charge in [0.1, 0.15) is 0 Å². The molecule has 8 heteroatoms. The standard InChI is InChI=1S/C11H22N6OS/c1-4-9(5-2)13-10(18)8-19-11-14-15-16-17(11)7-6-12-3/h9,12H,4-8H2,1-3H3,(H,13,18). The zero-order valence-corrected chi connectivity index (χ0v) is 12.5. The molecule has 1 aromatic heterocycles. The number of thioether (sulfide) groups is 1. The van der Waals surface area contributed by atoms with Gasteiger partial charge in [-0.25, -0.2) is 4.68 Å². The highest BCUT2D eigenvalue weighted by Gasteiger charge is 2.12. The van der Waals surface area contributed by atoms with E-state index in [-0.39, 0.29) is 11.9 Å². The normalized spacial score (nSPS) is 10.9. The van der Waals surface area contributed by atoms with Gasteiger partial charge in [-0.05, 0) is 30.3 Å². The van der Waals surface area contributed by atoms with Crippen molar-refractivity contribution in [3.05, 3.63) is 0 Å². The highest BCUT2D eigenvalue weighted by Crippen LogP contribution is 2.13.